The van der Waals surface area contributed by atoms with Gasteiger partial charge in [0, 0.05) is 9.90 Å². The molecule has 0 aliphatic carbocycles. The summed E-state index contributed by atoms with van der Waals surface area (Å²) >= 11 is 7.28. The van der Waals surface area contributed by atoms with E-state index in [0.717, 1.165) is 16.1 Å². The molecule has 1 aromatic heterocycles. The zero-order valence-electron chi connectivity index (χ0n) is 10.7. The van der Waals surface area contributed by atoms with Crippen LogP contribution >= 0.6 is 22.9 Å². The van der Waals surface area contributed by atoms with Crippen LogP contribution in [0.5, 0.6) is 0 Å². The molecule has 0 aliphatic heterocycles. The maximum absolute atomic E-state index is 11.4. The molecular weight excluding hydrogens is 282 g/mol. The van der Waals surface area contributed by atoms with Crippen molar-refractivity contribution in [1.82, 2.24) is 4.98 Å². The summed E-state index contributed by atoms with van der Waals surface area (Å²) in [6.45, 7) is 3.86. The van der Waals surface area contributed by atoms with Gasteiger partial charge in [-0.25, -0.2) is 4.98 Å². The molecule has 0 bridgehead atoms. The van der Waals surface area contributed by atoms with Crippen molar-refractivity contribution < 1.29 is 9.90 Å². The average Bonchev–Trinajstić information content (AvgIpc) is 2.68. The first-order valence-electron chi connectivity index (χ1n) is 5.88. The van der Waals surface area contributed by atoms with Crippen molar-refractivity contribution in [3.8, 4) is 0 Å². The van der Waals surface area contributed by atoms with E-state index in [1.807, 2.05) is 26.0 Å². The van der Waals surface area contributed by atoms with Crippen molar-refractivity contribution in [3.63, 3.8) is 0 Å². The largest absolute Gasteiger partial charge is 0.481 e. The van der Waals surface area contributed by atoms with Crippen LogP contribution in [0.3, 0.4) is 0 Å². The van der Waals surface area contributed by atoms with Crippen LogP contribution in [0, 0.1) is 13.8 Å². The van der Waals surface area contributed by atoms with Crippen molar-refractivity contribution in [2.45, 2.75) is 26.2 Å². The molecule has 1 N–H and O–H groups in total. The summed E-state index contributed by atoms with van der Waals surface area (Å²) in [5.74, 6) is -1.44. The Bertz CT molecular complexity index is 572. The van der Waals surface area contributed by atoms with Gasteiger partial charge in [0.2, 0.25) is 0 Å². The van der Waals surface area contributed by atoms with Crippen LogP contribution in [0.4, 0.5) is 0 Å². The molecule has 0 radical (unpaired) electrons. The van der Waals surface area contributed by atoms with Gasteiger partial charge in [-0.1, -0.05) is 23.7 Å². The minimum absolute atomic E-state index is 0.429. The Morgan fingerprint density at radius 1 is 1.37 bits per heavy atom. The number of thiazole rings is 1. The van der Waals surface area contributed by atoms with Crippen molar-refractivity contribution in [2.75, 3.05) is 0 Å². The molecule has 19 heavy (non-hydrogen) atoms. The average molecular weight is 296 g/mol. The summed E-state index contributed by atoms with van der Waals surface area (Å²) in [6, 6.07) is 7.25. The van der Waals surface area contributed by atoms with Gasteiger partial charge in [-0.2, -0.15) is 0 Å². The standard InChI is InChI=1S/C14H14ClNO2S/c1-8-9(2)19-13(16-8)12(14(17)18)7-10-3-5-11(15)6-4-10/h3-6,12H,7H2,1-2H3,(H,17,18). The zero-order chi connectivity index (χ0) is 14.0. The number of hydrogen-bond donors (Lipinski definition) is 1. The molecule has 1 aromatic carbocycles. The lowest BCUT2D eigenvalue weighted by Crippen LogP contribution is -2.14. The van der Waals surface area contributed by atoms with Crippen LogP contribution in [0.25, 0.3) is 0 Å². The van der Waals surface area contributed by atoms with Gasteiger partial charge in [-0.05, 0) is 38.0 Å². The molecule has 1 heterocycles. The molecule has 1 unspecified atom stereocenters. The van der Waals surface area contributed by atoms with Crippen LogP contribution in [0.15, 0.2) is 24.3 Å². The number of carbonyl (C=O) groups is 1. The first kappa shape index (κ1) is 14.0. The first-order chi connectivity index (χ1) is 8.97. The maximum Gasteiger partial charge on any atom is 0.313 e. The summed E-state index contributed by atoms with van der Waals surface area (Å²) in [5, 5.41) is 10.7. The smallest absolute Gasteiger partial charge is 0.313 e. The monoisotopic (exact) mass is 295 g/mol. The number of aliphatic carboxylic acids is 1. The Hall–Kier alpha value is -1.39. The molecule has 5 heteroatoms. The van der Waals surface area contributed by atoms with Gasteiger partial charge >= 0.3 is 5.97 Å². The number of carboxylic acids is 1. The lowest BCUT2D eigenvalue weighted by molar-refractivity contribution is -0.138. The molecule has 0 amide bonds. The zero-order valence-corrected chi connectivity index (χ0v) is 12.3. The highest BCUT2D eigenvalue weighted by molar-refractivity contribution is 7.11. The van der Waals surface area contributed by atoms with E-state index >= 15 is 0 Å². The lowest BCUT2D eigenvalue weighted by Gasteiger charge is -2.09. The van der Waals surface area contributed by atoms with Crippen molar-refractivity contribution in [2.24, 2.45) is 0 Å². The Morgan fingerprint density at radius 2 is 2.00 bits per heavy atom. The summed E-state index contributed by atoms with van der Waals surface area (Å²) in [6.07, 6.45) is 0.429. The molecule has 1 atom stereocenters. The number of hydrogen-bond acceptors (Lipinski definition) is 3. The molecule has 3 nitrogen and oxygen atoms in total. The SMILES string of the molecule is Cc1nc(C(Cc2ccc(Cl)cc2)C(=O)O)sc1C. The number of carboxylic acid groups (broad SMARTS) is 1. The second-order valence-electron chi connectivity index (χ2n) is 4.42. The van der Waals surface area contributed by atoms with Gasteiger partial charge in [0.05, 0.1) is 5.69 Å². The molecule has 0 saturated carbocycles. The summed E-state index contributed by atoms with van der Waals surface area (Å²) in [5.41, 5.74) is 1.85. The fourth-order valence-corrected chi connectivity index (χ4v) is 2.93. The first-order valence-corrected chi connectivity index (χ1v) is 7.08. The quantitative estimate of drug-likeness (QED) is 0.933. The van der Waals surface area contributed by atoms with Crippen molar-refractivity contribution >= 4 is 28.9 Å². The van der Waals surface area contributed by atoms with E-state index in [-0.39, 0.29) is 0 Å². The molecule has 100 valence electrons. The Balaban J connectivity index is 2.26. The molecule has 0 spiro atoms. The highest BCUT2D eigenvalue weighted by Gasteiger charge is 2.24. The third-order valence-corrected chi connectivity index (χ3v) is 4.43. The van der Waals surface area contributed by atoms with Gasteiger partial charge in [0.15, 0.2) is 0 Å². The van der Waals surface area contributed by atoms with Crippen LogP contribution in [0.1, 0.15) is 27.1 Å². The van der Waals surface area contributed by atoms with Gasteiger partial charge in [-0.15, -0.1) is 11.3 Å². The topological polar surface area (TPSA) is 50.2 Å². The van der Waals surface area contributed by atoms with Crippen molar-refractivity contribution in [3.05, 3.63) is 50.4 Å². The normalized spacial score (nSPS) is 12.4. The van der Waals surface area contributed by atoms with Gasteiger partial charge in [0.25, 0.3) is 0 Å². The fraction of sp³-hybridized carbons (Fsp3) is 0.286. The van der Waals surface area contributed by atoms with E-state index in [4.69, 9.17) is 11.6 Å². The number of nitrogens with zero attached hydrogens (tertiary/aromatic N) is 1. The summed E-state index contributed by atoms with van der Waals surface area (Å²) in [7, 11) is 0. The Kier molecular flexibility index (Phi) is 4.22. The predicted octanol–water partition coefficient (Wildman–Crippen LogP) is 3.82. The highest BCUT2D eigenvalue weighted by atomic mass is 35.5. The molecule has 2 rings (SSSR count). The van der Waals surface area contributed by atoms with Crippen LogP contribution in [-0.4, -0.2) is 16.1 Å². The molecule has 0 fully saturated rings. The highest BCUT2D eigenvalue weighted by Crippen LogP contribution is 2.28. The molecular formula is C14H14ClNO2S. The van der Waals surface area contributed by atoms with Gasteiger partial charge < -0.3 is 5.11 Å². The predicted molar refractivity (Wildman–Crippen MR) is 77.1 cm³/mol. The summed E-state index contributed by atoms with van der Waals surface area (Å²) < 4.78 is 0. The van der Waals surface area contributed by atoms with Crippen LogP contribution in [-0.2, 0) is 11.2 Å². The van der Waals surface area contributed by atoms with Gasteiger partial charge in [0.1, 0.15) is 10.9 Å². The third-order valence-electron chi connectivity index (χ3n) is 2.99. The number of halogens is 1. The number of benzene rings is 1. The van der Waals surface area contributed by atoms with E-state index in [0.29, 0.717) is 16.5 Å². The fourth-order valence-electron chi connectivity index (χ4n) is 1.78. The minimum atomic E-state index is -0.844. The molecule has 0 aliphatic rings. The second-order valence-corrected chi connectivity index (χ2v) is 6.09. The van der Waals surface area contributed by atoms with E-state index < -0.39 is 11.9 Å². The Labute approximate surface area is 120 Å². The maximum atomic E-state index is 11.4. The van der Waals surface area contributed by atoms with Crippen molar-refractivity contribution in [1.29, 1.82) is 0 Å². The number of aryl methyl sites for hydroxylation is 2. The second kappa shape index (κ2) is 5.72. The van der Waals surface area contributed by atoms with Crippen LogP contribution in [0.2, 0.25) is 5.02 Å². The van der Waals surface area contributed by atoms with E-state index in [2.05, 4.69) is 4.98 Å². The minimum Gasteiger partial charge on any atom is -0.481 e. The molecule has 0 saturated heterocycles. The lowest BCUT2D eigenvalue weighted by atomic mass is 10.00. The van der Waals surface area contributed by atoms with E-state index in [9.17, 15) is 9.90 Å². The third kappa shape index (κ3) is 3.33. The summed E-state index contributed by atoms with van der Waals surface area (Å²) in [4.78, 5) is 16.9. The van der Waals surface area contributed by atoms with E-state index in [1.165, 1.54) is 11.3 Å². The van der Waals surface area contributed by atoms with Crippen LogP contribution < -0.4 is 0 Å². The Morgan fingerprint density at radius 3 is 2.47 bits per heavy atom. The number of aromatic nitrogens is 1. The number of rotatable bonds is 4. The van der Waals surface area contributed by atoms with Gasteiger partial charge in [-0.3, -0.25) is 4.79 Å². The molecule has 2 aromatic rings. The van der Waals surface area contributed by atoms with E-state index in [1.54, 1.807) is 12.1 Å².